The molecule has 0 saturated heterocycles. The summed E-state index contributed by atoms with van der Waals surface area (Å²) in [7, 11) is 0. The zero-order chi connectivity index (χ0) is 21.8. The SMILES string of the molecule is Cc1noc(CSc2ccccc2C(=O)Nc2ncc(Cc3cccc(C)c3Cl)s2)n1. The average molecular weight is 471 g/mol. The molecule has 0 unspecified atom stereocenters. The molecule has 158 valence electrons. The topological polar surface area (TPSA) is 80.9 Å². The normalized spacial score (nSPS) is 10.9. The summed E-state index contributed by atoms with van der Waals surface area (Å²) in [5, 5.41) is 8.01. The number of thiazole rings is 1. The van der Waals surface area contributed by atoms with Gasteiger partial charge in [0.15, 0.2) is 11.0 Å². The van der Waals surface area contributed by atoms with Gasteiger partial charge in [-0.15, -0.1) is 23.1 Å². The van der Waals surface area contributed by atoms with Crippen molar-refractivity contribution in [2.24, 2.45) is 0 Å². The van der Waals surface area contributed by atoms with Crippen LogP contribution in [0.5, 0.6) is 0 Å². The van der Waals surface area contributed by atoms with Crippen molar-refractivity contribution in [3.05, 3.63) is 87.0 Å². The van der Waals surface area contributed by atoms with Crippen LogP contribution in [0.4, 0.5) is 5.13 Å². The second kappa shape index (κ2) is 9.64. The van der Waals surface area contributed by atoms with Crippen LogP contribution in [0.3, 0.4) is 0 Å². The number of thioether (sulfide) groups is 1. The molecular weight excluding hydrogens is 452 g/mol. The number of rotatable bonds is 7. The summed E-state index contributed by atoms with van der Waals surface area (Å²) in [6, 6.07) is 13.4. The Morgan fingerprint density at radius 1 is 1.19 bits per heavy atom. The van der Waals surface area contributed by atoms with E-state index in [9.17, 15) is 4.79 Å². The van der Waals surface area contributed by atoms with Crippen LogP contribution in [0.2, 0.25) is 5.02 Å². The standard InChI is InChI=1S/C22H19ClN4O2S2/c1-13-6-5-7-15(20(13)23)10-16-11-24-22(31-16)26-21(28)17-8-3-4-9-18(17)30-12-19-25-14(2)27-29-19/h3-9,11H,10,12H2,1-2H3,(H,24,26,28). The second-order valence-corrected chi connectivity index (χ2v) is 9.34. The molecule has 31 heavy (non-hydrogen) atoms. The Hall–Kier alpha value is -2.68. The van der Waals surface area contributed by atoms with Gasteiger partial charge in [0.1, 0.15) is 0 Å². The van der Waals surface area contributed by atoms with E-state index in [4.69, 9.17) is 16.1 Å². The monoisotopic (exact) mass is 470 g/mol. The first-order valence-corrected chi connectivity index (χ1v) is 11.7. The van der Waals surface area contributed by atoms with E-state index in [-0.39, 0.29) is 5.91 Å². The lowest BCUT2D eigenvalue weighted by Gasteiger charge is -2.07. The third-order valence-electron chi connectivity index (χ3n) is 4.46. The summed E-state index contributed by atoms with van der Waals surface area (Å²) in [5.41, 5.74) is 2.66. The molecule has 0 fully saturated rings. The van der Waals surface area contributed by atoms with Gasteiger partial charge in [-0.05, 0) is 37.1 Å². The van der Waals surface area contributed by atoms with Gasteiger partial charge in [0.05, 0.1) is 11.3 Å². The first kappa shape index (κ1) is 21.5. The number of aromatic nitrogens is 3. The fourth-order valence-corrected chi connectivity index (χ4v) is 4.87. The van der Waals surface area contributed by atoms with Gasteiger partial charge in [0.2, 0.25) is 5.89 Å². The third kappa shape index (κ3) is 5.33. The molecule has 1 amide bonds. The van der Waals surface area contributed by atoms with Gasteiger partial charge in [0, 0.05) is 27.4 Å². The summed E-state index contributed by atoms with van der Waals surface area (Å²) in [4.78, 5) is 23.3. The highest BCUT2D eigenvalue weighted by Crippen LogP contribution is 2.29. The molecule has 0 aliphatic carbocycles. The van der Waals surface area contributed by atoms with Gasteiger partial charge < -0.3 is 4.52 Å². The van der Waals surface area contributed by atoms with E-state index in [0.29, 0.717) is 34.6 Å². The molecule has 9 heteroatoms. The highest BCUT2D eigenvalue weighted by Gasteiger charge is 2.15. The van der Waals surface area contributed by atoms with Crippen molar-refractivity contribution in [3.8, 4) is 0 Å². The van der Waals surface area contributed by atoms with Crippen LogP contribution in [-0.4, -0.2) is 21.0 Å². The number of nitrogens with zero attached hydrogens (tertiary/aromatic N) is 3. The highest BCUT2D eigenvalue weighted by molar-refractivity contribution is 7.98. The summed E-state index contributed by atoms with van der Waals surface area (Å²) < 4.78 is 5.15. The first-order valence-electron chi connectivity index (χ1n) is 9.50. The first-order chi connectivity index (χ1) is 15.0. The van der Waals surface area contributed by atoms with Crippen molar-refractivity contribution in [1.29, 1.82) is 0 Å². The van der Waals surface area contributed by atoms with Crippen LogP contribution in [0, 0.1) is 13.8 Å². The van der Waals surface area contributed by atoms with Gasteiger partial charge in [-0.25, -0.2) is 4.98 Å². The van der Waals surface area contributed by atoms with E-state index in [1.165, 1.54) is 23.1 Å². The van der Waals surface area contributed by atoms with E-state index in [1.807, 2.05) is 43.3 Å². The number of carbonyl (C=O) groups excluding carboxylic acids is 1. The Morgan fingerprint density at radius 3 is 2.84 bits per heavy atom. The fourth-order valence-electron chi connectivity index (χ4n) is 2.96. The van der Waals surface area contributed by atoms with E-state index in [1.54, 1.807) is 19.2 Å². The van der Waals surface area contributed by atoms with Crippen LogP contribution < -0.4 is 5.32 Å². The van der Waals surface area contributed by atoms with Gasteiger partial charge in [-0.2, -0.15) is 4.98 Å². The van der Waals surface area contributed by atoms with Crippen molar-refractivity contribution in [2.75, 3.05) is 5.32 Å². The Bertz CT molecular complexity index is 1220. The number of nitrogens with one attached hydrogen (secondary N) is 1. The van der Waals surface area contributed by atoms with E-state index >= 15 is 0 Å². The van der Waals surface area contributed by atoms with E-state index < -0.39 is 0 Å². The van der Waals surface area contributed by atoms with Crippen LogP contribution in [0.15, 0.2) is 58.1 Å². The molecule has 0 spiro atoms. The number of hydrogen-bond donors (Lipinski definition) is 1. The smallest absolute Gasteiger partial charge is 0.258 e. The van der Waals surface area contributed by atoms with Crippen LogP contribution >= 0.6 is 34.7 Å². The molecule has 0 saturated carbocycles. The molecule has 4 aromatic rings. The van der Waals surface area contributed by atoms with Gasteiger partial charge in [-0.3, -0.25) is 10.1 Å². The molecule has 1 N–H and O–H groups in total. The van der Waals surface area contributed by atoms with Crippen LogP contribution in [0.1, 0.15) is 38.1 Å². The summed E-state index contributed by atoms with van der Waals surface area (Å²) in [6.07, 6.45) is 2.45. The summed E-state index contributed by atoms with van der Waals surface area (Å²) in [5.74, 6) is 1.40. The fraction of sp³-hybridized carbons (Fsp3) is 0.182. The average Bonchev–Trinajstić information content (AvgIpc) is 3.38. The molecular formula is C22H19ClN4O2S2. The largest absolute Gasteiger partial charge is 0.338 e. The molecule has 0 aliphatic rings. The van der Waals surface area contributed by atoms with Gasteiger partial charge >= 0.3 is 0 Å². The molecule has 0 bridgehead atoms. The number of hydrogen-bond acceptors (Lipinski definition) is 7. The number of aryl methyl sites for hydroxylation is 2. The van der Waals surface area contributed by atoms with Crippen LogP contribution in [0.25, 0.3) is 0 Å². The Labute approximate surface area is 193 Å². The maximum Gasteiger partial charge on any atom is 0.258 e. The molecule has 4 rings (SSSR count). The van der Waals surface area contributed by atoms with E-state index in [0.717, 1.165) is 25.9 Å². The van der Waals surface area contributed by atoms with Crippen molar-refractivity contribution in [2.45, 2.75) is 30.9 Å². The maximum atomic E-state index is 12.9. The second-order valence-electron chi connectivity index (χ2n) is 6.83. The van der Waals surface area contributed by atoms with Crippen molar-refractivity contribution in [3.63, 3.8) is 0 Å². The predicted octanol–water partition coefficient (Wildman–Crippen LogP) is 5.93. The lowest BCUT2D eigenvalue weighted by atomic mass is 10.1. The molecule has 6 nitrogen and oxygen atoms in total. The maximum absolute atomic E-state index is 12.9. The number of anilines is 1. The van der Waals surface area contributed by atoms with Gasteiger partial charge in [-0.1, -0.05) is 47.1 Å². The molecule has 2 aromatic heterocycles. The third-order valence-corrected chi connectivity index (χ3v) is 6.97. The van der Waals surface area contributed by atoms with Crippen molar-refractivity contribution in [1.82, 2.24) is 15.1 Å². The number of halogens is 1. The quantitative estimate of drug-likeness (QED) is 0.337. The Morgan fingerprint density at radius 2 is 2.03 bits per heavy atom. The highest BCUT2D eigenvalue weighted by atomic mass is 35.5. The number of benzene rings is 2. The summed E-state index contributed by atoms with van der Waals surface area (Å²) >= 11 is 9.32. The molecule has 0 radical (unpaired) electrons. The van der Waals surface area contributed by atoms with Crippen molar-refractivity contribution >= 4 is 45.7 Å². The Balaban J connectivity index is 1.43. The summed E-state index contributed by atoms with van der Waals surface area (Å²) in [6.45, 7) is 3.76. The van der Waals surface area contributed by atoms with E-state index in [2.05, 4.69) is 20.4 Å². The molecule has 2 aromatic carbocycles. The minimum atomic E-state index is -0.209. The number of carbonyl (C=O) groups is 1. The zero-order valence-electron chi connectivity index (χ0n) is 16.9. The number of amides is 1. The minimum absolute atomic E-state index is 0.209. The van der Waals surface area contributed by atoms with Gasteiger partial charge in [0.25, 0.3) is 5.91 Å². The van der Waals surface area contributed by atoms with Crippen LogP contribution in [-0.2, 0) is 12.2 Å². The molecule has 2 heterocycles. The Kier molecular flexibility index (Phi) is 6.70. The van der Waals surface area contributed by atoms with Crippen molar-refractivity contribution < 1.29 is 9.32 Å². The zero-order valence-corrected chi connectivity index (χ0v) is 19.3. The lowest BCUT2D eigenvalue weighted by Crippen LogP contribution is -2.12. The molecule has 0 atom stereocenters. The minimum Gasteiger partial charge on any atom is -0.338 e. The molecule has 0 aliphatic heterocycles. The lowest BCUT2D eigenvalue weighted by molar-refractivity contribution is 0.102. The predicted molar refractivity (Wildman–Crippen MR) is 124 cm³/mol.